The molecule has 0 aliphatic carbocycles. The molecule has 0 radical (unpaired) electrons. The number of piperidine rings is 1. The van der Waals surface area contributed by atoms with Gasteiger partial charge < -0.3 is 60.4 Å². The number of imidazole rings is 1. The van der Waals surface area contributed by atoms with Crippen molar-refractivity contribution in [3.63, 3.8) is 0 Å². The fourth-order valence-electron chi connectivity index (χ4n) is 9.51. The van der Waals surface area contributed by atoms with Crippen LogP contribution in [-0.4, -0.2) is 159 Å². The second-order valence-corrected chi connectivity index (χ2v) is 18.3. The summed E-state index contributed by atoms with van der Waals surface area (Å²) in [4.78, 5) is 70.2. The predicted octanol–water partition coefficient (Wildman–Crippen LogP) is 4.26. The molecule has 382 valence electrons. The molecule has 4 fully saturated rings. The Morgan fingerprint density at radius 1 is 0.736 bits per heavy atom. The standard InChI is InChI=1S/C49H56F3N11O9/c50-49(51,52)44(66)70-28-37-39(64)40(65)43(72-37)63-29-54-38-41(53-24-36(31-12-6-2-7-13-31)32-14-8-3-9-15-32)58-45(59-42(38)63)61-22-18-34(25-61)55-46(67)56-35-19-23-62(26-35)47(68)57-33-16-20-60(21-17-33)48(69)71-27-30-10-4-1-5-11-30/h1-15,29,33-37,39-40,43,64-65H,16-28H2,(H,57,68)(H,53,58,59)(H2,55,56,67)/t34-,35-,37-,39-,40-,43-/m1/s1. The van der Waals surface area contributed by atoms with Crippen molar-refractivity contribution in [3.8, 4) is 0 Å². The van der Waals surface area contributed by atoms with Crippen molar-refractivity contribution in [2.45, 2.75) is 87.0 Å². The average molecular weight is 1000 g/mol. The Balaban J connectivity index is 0.825. The Labute approximate surface area is 411 Å². The van der Waals surface area contributed by atoms with Crippen molar-refractivity contribution in [1.82, 2.24) is 45.3 Å². The number of esters is 1. The number of carbonyl (C=O) groups excluding carboxylic acids is 4. The topological polar surface area (TPSA) is 238 Å². The molecule has 2 aromatic heterocycles. The highest BCUT2D eigenvalue weighted by Gasteiger charge is 2.47. The van der Waals surface area contributed by atoms with Crippen molar-refractivity contribution in [2.24, 2.45) is 0 Å². The zero-order valence-electron chi connectivity index (χ0n) is 39.1. The van der Waals surface area contributed by atoms with Crippen molar-refractivity contribution in [3.05, 3.63) is 114 Å². The Bertz CT molecular complexity index is 2620. The summed E-state index contributed by atoms with van der Waals surface area (Å²) in [6, 6.07) is 27.9. The third kappa shape index (κ3) is 11.7. The summed E-state index contributed by atoms with van der Waals surface area (Å²) in [7, 11) is 0. The lowest BCUT2D eigenvalue weighted by atomic mass is 9.91. The SMILES string of the molecule is O=C(N[C@@H]1CCN(C(=O)NC2CCN(C(=O)OCc3ccccc3)CC2)C1)N[C@@H]1CCN(c2nc(NCC(c3ccccc3)c3ccccc3)c3ncn([C@@H]4O[C@H](COC(=O)C(F)(F)F)[C@@H](O)[C@H]4O)c3n2)C1. The maximum absolute atomic E-state index is 13.4. The minimum absolute atomic E-state index is 0.107. The van der Waals surface area contributed by atoms with E-state index in [2.05, 4.69) is 31.0 Å². The zero-order chi connectivity index (χ0) is 50.4. The van der Waals surface area contributed by atoms with Crippen molar-refractivity contribution >= 4 is 47.1 Å². The normalized spacial score (nSPS) is 22.6. The van der Waals surface area contributed by atoms with Crippen LogP contribution in [0.3, 0.4) is 0 Å². The monoisotopic (exact) mass is 999 g/mol. The fraction of sp³-hybridized carbons (Fsp3) is 0.449. The number of urea groups is 2. The smallest absolute Gasteiger partial charge is 0.456 e. The van der Waals surface area contributed by atoms with Crippen LogP contribution in [0.25, 0.3) is 11.2 Å². The van der Waals surface area contributed by atoms with Gasteiger partial charge >= 0.3 is 30.3 Å². The molecule has 5 aromatic rings. The first-order chi connectivity index (χ1) is 34.8. The number of ether oxygens (including phenoxy) is 3. The Morgan fingerprint density at radius 2 is 1.35 bits per heavy atom. The first kappa shape index (κ1) is 49.7. The molecule has 6 atom stereocenters. The quantitative estimate of drug-likeness (QED) is 0.0854. The second-order valence-electron chi connectivity index (χ2n) is 18.3. The molecule has 6 heterocycles. The predicted molar refractivity (Wildman–Crippen MR) is 253 cm³/mol. The lowest BCUT2D eigenvalue weighted by molar-refractivity contribution is -0.203. The van der Waals surface area contributed by atoms with Crippen LogP contribution in [-0.2, 0) is 25.6 Å². The molecule has 4 aliphatic heterocycles. The zero-order valence-corrected chi connectivity index (χ0v) is 39.1. The van der Waals surface area contributed by atoms with Crippen LogP contribution < -0.4 is 26.2 Å². The fourth-order valence-corrected chi connectivity index (χ4v) is 9.51. The molecule has 72 heavy (non-hydrogen) atoms. The number of rotatable bonds is 14. The number of benzene rings is 3. The van der Waals surface area contributed by atoms with E-state index in [1.54, 1.807) is 9.80 Å². The summed E-state index contributed by atoms with van der Waals surface area (Å²) in [5, 5.41) is 34.5. The molecule has 0 bridgehead atoms. The van der Waals surface area contributed by atoms with Gasteiger partial charge in [0, 0.05) is 69.9 Å². The molecule has 23 heteroatoms. The highest BCUT2D eigenvalue weighted by Crippen LogP contribution is 2.35. The van der Waals surface area contributed by atoms with E-state index in [1.807, 2.05) is 95.9 Å². The first-order valence-corrected chi connectivity index (χ1v) is 23.9. The van der Waals surface area contributed by atoms with Gasteiger partial charge in [-0.3, -0.25) is 4.57 Å². The van der Waals surface area contributed by atoms with Gasteiger partial charge in [0.05, 0.1) is 6.33 Å². The van der Waals surface area contributed by atoms with Gasteiger partial charge in [0.25, 0.3) is 0 Å². The summed E-state index contributed by atoms with van der Waals surface area (Å²) >= 11 is 0. The largest absolute Gasteiger partial charge is 0.490 e. The molecule has 0 saturated carbocycles. The summed E-state index contributed by atoms with van der Waals surface area (Å²) in [6.45, 7) is 2.00. The number of hydrogen-bond acceptors (Lipinski definition) is 14. The van der Waals surface area contributed by atoms with Gasteiger partial charge in [-0.25, -0.2) is 24.2 Å². The van der Waals surface area contributed by atoms with E-state index in [-0.39, 0.29) is 59.9 Å². The molecule has 0 unspecified atom stereocenters. The van der Waals surface area contributed by atoms with Crippen molar-refractivity contribution in [1.29, 1.82) is 0 Å². The number of aliphatic hydroxyl groups is 2. The second kappa shape index (κ2) is 22.0. The lowest BCUT2D eigenvalue weighted by Crippen LogP contribution is -2.51. The van der Waals surface area contributed by atoms with Gasteiger partial charge in [-0.1, -0.05) is 91.0 Å². The van der Waals surface area contributed by atoms with Crippen LogP contribution in [0.5, 0.6) is 0 Å². The summed E-state index contributed by atoms with van der Waals surface area (Å²) in [6.07, 6.45) is -8.39. The van der Waals surface area contributed by atoms with Crippen LogP contribution in [0, 0.1) is 0 Å². The molecule has 6 N–H and O–H groups in total. The Hall–Kier alpha value is -7.24. The third-order valence-electron chi connectivity index (χ3n) is 13.4. The molecule has 4 saturated heterocycles. The molecule has 20 nitrogen and oxygen atoms in total. The Morgan fingerprint density at radius 3 is 2.01 bits per heavy atom. The molecule has 3 aromatic carbocycles. The van der Waals surface area contributed by atoms with Crippen LogP contribution in [0.2, 0.25) is 0 Å². The van der Waals surface area contributed by atoms with Gasteiger partial charge in [-0.2, -0.15) is 23.1 Å². The maximum atomic E-state index is 13.4. The molecule has 0 spiro atoms. The number of likely N-dealkylation sites (tertiary alicyclic amines) is 2. The number of halogens is 3. The Kier molecular flexibility index (Phi) is 15.2. The number of aliphatic hydroxyl groups excluding tert-OH is 2. The van der Waals surface area contributed by atoms with Gasteiger partial charge in [-0.05, 0) is 42.4 Å². The minimum atomic E-state index is -5.27. The summed E-state index contributed by atoms with van der Waals surface area (Å²) < 4.78 is 55.7. The van der Waals surface area contributed by atoms with E-state index in [9.17, 15) is 42.6 Å². The van der Waals surface area contributed by atoms with Crippen LogP contribution in [0.1, 0.15) is 54.5 Å². The number of nitrogens with zero attached hydrogens (tertiary/aromatic N) is 7. The molecule has 5 amide bonds. The number of fused-ring (bicyclic) bond motifs is 1. The van der Waals surface area contributed by atoms with Crippen LogP contribution >= 0.6 is 0 Å². The van der Waals surface area contributed by atoms with E-state index in [4.69, 9.17) is 19.4 Å². The lowest BCUT2D eigenvalue weighted by Gasteiger charge is -2.32. The molecule has 4 aliphatic rings. The first-order valence-electron chi connectivity index (χ1n) is 23.9. The number of carbonyl (C=O) groups is 4. The third-order valence-corrected chi connectivity index (χ3v) is 13.4. The number of alkyl halides is 3. The number of hydrogen-bond donors (Lipinski definition) is 6. The van der Waals surface area contributed by atoms with Gasteiger partial charge in [0.15, 0.2) is 23.2 Å². The van der Waals surface area contributed by atoms with E-state index in [0.29, 0.717) is 77.3 Å². The van der Waals surface area contributed by atoms with E-state index >= 15 is 0 Å². The van der Waals surface area contributed by atoms with Crippen molar-refractivity contribution in [2.75, 3.05) is 62.6 Å². The summed E-state index contributed by atoms with van der Waals surface area (Å²) in [5.74, 6) is -2.04. The highest BCUT2D eigenvalue weighted by molar-refractivity contribution is 5.85. The highest BCUT2D eigenvalue weighted by atomic mass is 19.4. The van der Waals surface area contributed by atoms with E-state index in [0.717, 1.165) is 16.7 Å². The molecular weight excluding hydrogens is 944 g/mol. The van der Waals surface area contributed by atoms with Crippen molar-refractivity contribution < 1.29 is 56.8 Å². The van der Waals surface area contributed by atoms with E-state index < -0.39 is 49.3 Å². The maximum Gasteiger partial charge on any atom is 0.490 e. The van der Waals surface area contributed by atoms with Crippen LogP contribution in [0.15, 0.2) is 97.3 Å². The average Bonchev–Trinajstić information content (AvgIpc) is 4.21. The van der Waals surface area contributed by atoms with E-state index in [1.165, 1.54) is 10.9 Å². The minimum Gasteiger partial charge on any atom is -0.456 e. The van der Waals surface area contributed by atoms with Crippen LogP contribution in [0.4, 0.5) is 39.3 Å². The number of aromatic nitrogens is 4. The molecule has 9 rings (SSSR count). The summed E-state index contributed by atoms with van der Waals surface area (Å²) in [5.41, 5.74) is 3.41. The van der Waals surface area contributed by atoms with Gasteiger partial charge in [0.2, 0.25) is 5.95 Å². The number of anilines is 2. The number of amides is 5. The number of nitrogens with one attached hydrogen (secondary N) is 4. The van der Waals surface area contributed by atoms with Gasteiger partial charge in [0.1, 0.15) is 31.5 Å². The van der Waals surface area contributed by atoms with Gasteiger partial charge in [-0.15, -0.1) is 0 Å². The molecular formula is C49H56F3N11O9.